The van der Waals surface area contributed by atoms with Gasteiger partial charge in [-0.05, 0) is 32.6 Å². The fourth-order valence-electron chi connectivity index (χ4n) is 2.63. The van der Waals surface area contributed by atoms with Crippen molar-refractivity contribution in [2.45, 2.75) is 44.9 Å². The summed E-state index contributed by atoms with van der Waals surface area (Å²) in [5.41, 5.74) is 0. The van der Waals surface area contributed by atoms with E-state index < -0.39 is 0 Å². The van der Waals surface area contributed by atoms with Gasteiger partial charge in [0.25, 0.3) is 0 Å². The van der Waals surface area contributed by atoms with Crippen LogP contribution in [0.4, 0.5) is 0 Å². The minimum absolute atomic E-state index is 0.0313. The van der Waals surface area contributed by atoms with Crippen molar-refractivity contribution in [3.63, 3.8) is 0 Å². The van der Waals surface area contributed by atoms with E-state index in [-0.39, 0.29) is 6.10 Å². The summed E-state index contributed by atoms with van der Waals surface area (Å²) in [6.45, 7) is 5.65. The lowest BCUT2D eigenvalue weighted by molar-refractivity contribution is 0.0406. The lowest BCUT2D eigenvalue weighted by Crippen LogP contribution is -2.44. The van der Waals surface area contributed by atoms with E-state index in [4.69, 9.17) is 0 Å². The fourth-order valence-corrected chi connectivity index (χ4v) is 2.63. The Kier molecular flexibility index (Phi) is 1.69. The lowest BCUT2D eigenvalue weighted by Gasteiger charge is -2.33. The molecule has 1 N–H and O–H groups in total. The Bertz CT molecular complexity index is 158. The highest BCUT2D eigenvalue weighted by molar-refractivity contribution is 4.98. The van der Waals surface area contributed by atoms with Crippen molar-refractivity contribution >= 4 is 0 Å². The molecule has 2 rings (SSSR count). The first-order valence-corrected chi connectivity index (χ1v) is 4.62. The summed E-state index contributed by atoms with van der Waals surface area (Å²) in [7, 11) is 0. The van der Waals surface area contributed by atoms with Crippen molar-refractivity contribution in [1.29, 1.82) is 0 Å². The van der Waals surface area contributed by atoms with Gasteiger partial charge in [0, 0.05) is 18.6 Å². The molecule has 2 bridgehead atoms. The summed E-state index contributed by atoms with van der Waals surface area (Å²) in [4.78, 5) is 2.44. The second kappa shape index (κ2) is 2.46. The Morgan fingerprint density at radius 1 is 1.36 bits per heavy atom. The summed E-state index contributed by atoms with van der Waals surface area (Å²) in [6.07, 6.45) is 2.25. The largest absolute Gasteiger partial charge is 0.391 e. The smallest absolute Gasteiger partial charge is 0.0698 e. The van der Waals surface area contributed by atoms with Crippen molar-refractivity contribution in [1.82, 2.24) is 4.90 Å². The molecule has 2 nitrogen and oxygen atoms in total. The van der Waals surface area contributed by atoms with E-state index in [0.717, 1.165) is 12.3 Å². The van der Waals surface area contributed by atoms with Gasteiger partial charge in [-0.25, -0.2) is 0 Å². The quantitative estimate of drug-likeness (QED) is 0.607. The molecule has 0 amide bonds. The van der Waals surface area contributed by atoms with Crippen molar-refractivity contribution < 1.29 is 5.11 Å². The minimum Gasteiger partial charge on any atom is -0.391 e. The predicted octanol–water partition coefficient (Wildman–Crippen LogP) is 0.850. The molecule has 1 saturated heterocycles. The maximum absolute atomic E-state index is 9.60. The van der Waals surface area contributed by atoms with E-state index in [1.165, 1.54) is 13.0 Å². The van der Waals surface area contributed by atoms with Crippen molar-refractivity contribution in [2.75, 3.05) is 6.54 Å². The van der Waals surface area contributed by atoms with Crippen LogP contribution in [0.1, 0.15) is 26.7 Å². The van der Waals surface area contributed by atoms with E-state index in [1.54, 1.807) is 0 Å². The van der Waals surface area contributed by atoms with Gasteiger partial charge in [-0.1, -0.05) is 0 Å². The van der Waals surface area contributed by atoms with Crippen molar-refractivity contribution in [2.24, 2.45) is 5.92 Å². The van der Waals surface area contributed by atoms with Gasteiger partial charge in [0.05, 0.1) is 6.10 Å². The number of nitrogens with zero attached hydrogens (tertiary/aromatic N) is 1. The molecule has 2 heteroatoms. The van der Waals surface area contributed by atoms with Gasteiger partial charge in [-0.15, -0.1) is 0 Å². The Morgan fingerprint density at radius 2 is 2.09 bits per heavy atom. The van der Waals surface area contributed by atoms with Crippen LogP contribution in [0.5, 0.6) is 0 Å². The molecule has 2 aliphatic rings. The first-order chi connectivity index (χ1) is 5.18. The minimum atomic E-state index is -0.0313. The summed E-state index contributed by atoms with van der Waals surface area (Å²) in [5.74, 6) is 0.789. The summed E-state index contributed by atoms with van der Waals surface area (Å²) < 4.78 is 0. The fraction of sp³-hybridized carbons (Fsp3) is 1.00. The molecule has 11 heavy (non-hydrogen) atoms. The maximum Gasteiger partial charge on any atom is 0.0698 e. The zero-order valence-electron chi connectivity index (χ0n) is 7.33. The molecule has 0 spiro atoms. The molecule has 0 aromatic carbocycles. The van der Waals surface area contributed by atoms with Gasteiger partial charge in [-0.3, -0.25) is 4.90 Å². The number of hydrogen-bond acceptors (Lipinski definition) is 2. The van der Waals surface area contributed by atoms with E-state index in [0.29, 0.717) is 12.1 Å². The summed E-state index contributed by atoms with van der Waals surface area (Å²) in [6, 6.07) is 1.10. The van der Waals surface area contributed by atoms with Crippen LogP contribution in [0, 0.1) is 5.92 Å². The lowest BCUT2D eigenvalue weighted by atomic mass is 10.1. The molecule has 0 aromatic rings. The van der Waals surface area contributed by atoms with E-state index in [1.807, 2.05) is 0 Å². The molecule has 2 fully saturated rings. The number of hydrogen-bond donors (Lipinski definition) is 1. The third-order valence-corrected chi connectivity index (χ3v) is 3.15. The Morgan fingerprint density at radius 3 is 2.45 bits per heavy atom. The van der Waals surface area contributed by atoms with Crippen LogP contribution >= 0.6 is 0 Å². The van der Waals surface area contributed by atoms with E-state index >= 15 is 0 Å². The standard InChI is InChI=1S/C9H17NO/c1-6(2)10-5-7-3-8(10)9(11)4-7/h6-9,11H,3-5H2,1-2H3/t7-,8+,9+/m0/s1. The van der Waals surface area contributed by atoms with Crippen LogP contribution in [0.3, 0.4) is 0 Å². The third kappa shape index (κ3) is 1.09. The number of likely N-dealkylation sites (tertiary alicyclic amines) is 1. The first kappa shape index (κ1) is 7.56. The van der Waals surface area contributed by atoms with Crippen LogP contribution in [-0.4, -0.2) is 34.7 Å². The Balaban J connectivity index is 2.06. The van der Waals surface area contributed by atoms with Crippen LogP contribution < -0.4 is 0 Å². The first-order valence-electron chi connectivity index (χ1n) is 4.62. The molecule has 1 heterocycles. The highest BCUT2D eigenvalue weighted by atomic mass is 16.3. The molecule has 0 unspecified atom stereocenters. The SMILES string of the molecule is CC(C)N1C[C@@H]2C[C@@H](O)[C@H]1C2. The molecule has 1 aliphatic carbocycles. The number of fused-ring (bicyclic) bond motifs is 2. The highest BCUT2D eigenvalue weighted by Crippen LogP contribution is 2.38. The van der Waals surface area contributed by atoms with Crippen LogP contribution in [0.25, 0.3) is 0 Å². The zero-order chi connectivity index (χ0) is 8.01. The molecular formula is C9H17NO. The average molecular weight is 155 g/mol. The second-order valence-electron chi connectivity index (χ2n) is 4.26. The van der Waals surface area contributed by atoms with Gasteiger partial charge < -0.3 is 5.11 Å². The zero-order valence-corrected chi connectivity index (χ0v) is 7.33. The van der Waals surface area contributed by atoms with Gasteiger partial charge in [-0.2, -0.15) is 0 Å². The molecule has 1 saturated carbocycles. The number of aliphatic hydroxyl groups excluding tert-OH is 1. The molecule has 0 aromatic heterocycles. The Hall–Kier alpha value is -0.0800. The van der Waals surface area contributed by atoms with Crippen molar-refractivity contribution in [3.05, 3.63) is 0 Å². The van der Waals surface area contributed by atoms with Crippen LogP contribution in [0.2, 0.25) is 0 Å². The number of aliphatic hydroxyl groups is 1. The second-order valence-corrected chi connectivity index (χ2v) is 4.26. The van der Waals surface area contributed by atoms with Crippen LogP contribution in [-0.2, 0) is 0 Å². The predicted molar refractivity (Wildman–Crippen MR) is 44.4 cm³/mol. The molecule has 0 radical (unpaired) electrons. The van der Waals surface area contributed by atoms with Crippen LogP contribution in [0.15, 0.2) is 0 Å². The maximum atomic E-state index is 9.60. The van der Waals surface area contributed by atoms with Crippen molar-refractivity contribution in [3.8, 4) is 0 Å². The Labute approximate surface area is 68.2 Å². The molecule has 64 valence electrons. The number of piperidine rings is 1. The number of rotatable bonds is 1. The highest BCUT2D eigenvalue weighted by Gasteiger charge is 2.44. The molecular weight excluding hydrogens is 138 g/mol. The normalized spacial score (nSPS) is 44.2. The van der Waals surface area contributed by atoms with Gasteiger partial charge in [0.2, 0.25) is 0 Å². The van der Waals surface area contributed by atoms with E-state index in [9.17, 15) is 5.11 Å². The third-order valence-electron chi connectivity index (χ3n) is 3.15. The van der Waals surface area contributed by atoms with E-state index in [2.05, 4.69) is 18.7 Å². The summed E-state index contributed by atoms with van der Waals surface area (Å²) in [5, 5.41) is 9.60. The summed E-state index contributed by atoms with van der Waals surface area (Å²) >= 11 is 0. The molecule has 1 aliphatic heterocycles. The van der Waals surface area contributed by atoms with Gasteiger partial charge >= 0.3 is 0 Å². The monoisotopic (exact) mass is 155 g/mol. The van der Waals surface area contributed by atoms with Gasteiger partial charge in [0.15, 0.2) is 0 Å². The topological polar surface area (TPSA) is 23.5 Å². The average Bonchev–Trinajstić information content (AvgIpc) is 2.43. The molecule has 3 atom stereocenters. The van der Waals surface area contributed by atoms with Gasteiger partial charge in [0.1, 0.15) is 0 Å².